The van der Waals surface area contributed by atoms with E-state index in [0.29, 0.717) is 19.4 Å². The highest BCUT2D eigenvalue weighted by Gasteiger charge is 2.26. The van der Waals surface area contributed by atoms with Crippen molar-refractivity contribution in [2.24, 2.45) is 11.5 Å². The lowest BCUT2D eigenvalue weighted by atomic mass is 10.0. The average Bonchev–Trinajstić information content (AvgIpc) is 3.34. The van der Waals surface area contributed by atoms with Crippen molar-refractivity contribution in [2.75, 3.05) is 13.1 Å². The molecule has 208 valence electrons. The molecule has 0 saturated carbocycles. The summed E-state index contributed by atoms with van der Waals surface area (Å²) in [6, 6.07) is 13.8. The summed E-state index contributed by atoms with van der Waals surface area (Å²) in [6.07, 6.45) is 3.66. The second kappa shape index (κ2) is 14.6. The molecule has 0 aliphatic carbocycles. The molecule has 0 aliphatic rings. The standard InChI is InChI=1S/C28H36N6O5/c29-13-7-6-12-23(28(38)39)33-25(35)17-32-27(37)24(14-18-8-2-1-3-9-18)34-26(36)21(30)15-19-16-31-22-11-5-4-10-20(19)22/h1-5,8-11,16,21,23-24,31H,6-7,12-15,17,29-30H2,(H,32,37)(H,33,35)(H,34,36)(H,38,39). The van der Waals surface area contributed by atoms with Gasteiger partial charge in [0.1, 0.15) is 12.1 Å². The Labute approximate surface area is 226 Å². The second-order valence-electron chi connectivity index (χ2n) is 9.38. The van der Waals surface area contributed by atoms with Crippen molar-refractivity contribution < 1.29 is 24.3 Å². The van der Waals surface area contributed by atoms with E-state index in [4.69, 9.17) is 11.5 Å². The number of amides is 3. The number of unbranched alkanes of at least 4 members (excludes halogenated alkanes) is 1. The molecule has 9 N–H and O–H groups in total. The number of aromatic amines is 1. The van der Waals surface area contributed by atoms with Crippen LogP contribution >= 0.6 is 0 Å². The molecule has 2 aromatic carbocycles. The van der Waals surface area contributed by atoms with Crippen LogP contribution in [0.4, 0.5) is 0 Å². The summed E-state index contributed by atoms with van der Waals surface area (Å²) in [5.41, 5.74) is 14.3. The Morgan fingerprint density at radius 2 is 1.59 bits per heavy atom. The maximum atomic E-state index is 13.1. The van der Waals surface area contributed by atoms with Gasteiger partial charge in [-0.3, -0.25) is 14.4 Å². The predicted molar refractivity (Wildman–Crippen MR) is 148 cm³/mol. The maximum Gasteiger partial charge on any atom is 0.326 e. The summed E-state index contributed by atoms with van der Waals surface area (Å²) >= 11 is 0. The SMILES string of the molecule is NCCCCC(NC(=O)CNC(=O)C(Cc1ccccc1)NC(=O)C(N)Cc1c[nH]c2ccccc12)C(=O)O. The van der Waals surface area contributed by atoms with Crippen LogP contribution in [0.2, 0.25) is 0 Å². The minimum Gasteiger partial charge on any atom is -0.480 e. The lowest BCUT2D eigenvalue weighted by Crippen LogP contribution is -2.54. The van der Waals surface area contributed by atoms with E-state index in [2.05, 4.69) is 20.9 Å². The van der Waals surface area contributed by atoms with E-state index in [9.17, 15) is 24.3 Å². The lowest BCUT2D eigenvalue weighted by Gasteiger charge is -2.21. The third-order valence-corrected chi connectivity index (χ3v) is 6.37. The number of hydrogen-bond acceptors (Lipinski definition) is 6. The molecule has 11 nitrogen and oxygen atoms in total. The van der Waals surface area contributed by atoms with E-state index < -0.39 is 48.4 Å². The molecule has 0 radical (unpaired) electrons. The highest BCUT2D eigenvalue weighted by molar-refractivity contribution is 5.93. The molecule has 11 heteroatoms. The van der Waals surface area contributed by atoms with Crippen LogP contribution in [0, 0.1) is 0 Å². The first-order valence-corrected chi connectivity index (χ1v) is 12.9. The van der Waals surface area contributed by atoms with Crippen molar-refractivity contribution in [1.82, 2.24) is 20.9 Å². The zero-order valence-corrected chi connectivity index (χ0v) is 21.7. The van der Waals surface area contributed by atoms with Gasteiger partial charge in [-0.25, -0.2) is 4.79 Å². The second-order valence-corrected chi connectivity index (χ2v) is 9.38. The molecule has 1 heterocycles. The number of carboxylic acids is 1. The first kappa shape index (κ1) is 29.3. The Morgan fingerprint density at radius 3 is 2.31 bits per heavy atom. The molecule has 0 fully saturated rings. The van der Waals surface area contributed by atoms with Gasteiger partial charge in [-0.15, -0.1) is 0 Å². The highest BCUT2D eigenvalue weighted by Crippen LogP contribution is 2.19. The van der Waals surface area contributed by atoms with Crippen molar-refractivity contribution >= 4 is 34.6 Å². The van der Waals surface area contributed by atoms with Crippen molar-refractivity contribution in [3.8, 4) is 0 Å². The fraction of sp³-hybridized carbons (Fsp3) is 0.357. The summed E-state index contributed by atoms with van der Waals surface area (Å²) < 4.78 is 0. The fourth-order valence-electron chi connectivity index (χ4n) is 4.25. The number of carbonyl (C=O) groups is 4. The van der Waals surface area contributed by atoms with Crippen LogP contribution in [0.3, 0.4) is 0 Å². The topological polar surface area (TPSA) is 192 Å². The predicted octanol–water partition coefficient (Wildman–Crippen LogP) is 0.580. The van der Waals surface area contributed by atoms with Crippen LogP contribution in [0.15, 0.2) is 60.8 Å². The Morgan fingerprint density at radius 1 is 0.872 bits per heavy atom. The first-order chi connectivity index (χ1) is 18.8. The van der Waals surface area contributed by atoms with Gasteiger partial charge in [0.05, 0.1) is 12.6 Å². The number of fused-ring (bicyclic) bond motifs is 1. The number of aromatic nitrogens is 1. The normalized spacial score (nSPS) is 13.3. The molecule has 0 saturated heterocycles. The Balaban J connectivity index is 1.62. The van der Waals surface area contributed by atoms with Gasteiger partial charge < -0.3 is 37.5 Å². The van der Waals surface area contributed by atoms with Crippen LogP contribution in [-0.2, 0) is 32.0 Å². The fourth-order valence-corrected chi connectivity index (χ4v) is 4.25. The van der Waals surface area contributed by atoms with Gasteiger partial charge in [-0.05, 0) is 49.4 Å². The molecule has 3 rings (SSSR count). The number of nitrogens with two attached hydrogens (primary N) is 2. The Bertz CT molecular complexity index is 1260. The van der Waals surface area contributed by atoms with Crippen LogP contribution in [0.1, 0.15) is 30.4 Å². The minimum atomic E-state index is -1.16. The molecule has 3 aromatic rings. The Hall–Kier alpha value is -4.22. The molecular weight excluding hydrogens is 500 g/mol. The molecule has 3 atom stereocenters. The molecule has 3 unspecified atom stereocenters. The van der Waals surface area contributed by atoms with E-state index in [1.807, 2.05) is 60.8 Å². The third kappa shape index (κ3) is 8.94. The van der Waals surface area contributed by atoms with Crippen molar-refractivity contribution in [2.45, 2.75) is 50.2 Å². The largest absolute Gasteiger partial charge is 0.480 e. The number of hydrogen-bond donors (Lipinski definition) is 7. The number of benzene rings is 2. The van der Waals surface area contributed by atoms with Crippen LogP contribution in [-0.4, -0.2) is 65.0 Å². The number of para-hydroxylation sites is 1. The van der Waals surface area contributed by atoms with Crippen molar-refractivity contribution in [1.29, 1.82) is 0 Å². The van der Waals surface area contributed by atoms with E-state index in [1.165, 1.54) is 0 Å². The summed E-state index contributed by atoms with van der Waals surface area (Å²) in [7, 11) is 0. The van der Waals surface area contributed by atoms with Gasteiger partial charge >= 0.3 is 5.97 Å². The number of H-pyrrole nitrogens is 1. The summed E-state index contributed by atoms with van der Waals surface area (Å²) in [6.45, 7) is -0.0155. The van der Waals surface area contributed by atoms with Gasteiger partial charge in [-0.2, -0.15) is 0 Å². The Kier molecular flexibility index (Phi) is 11.0. The van der Waals surface area contributed by atoms with Crippen molar-refractivity contribution in [3.63, 3.8) is 0 Å². The smallest absolute Gasteiger partial charge is 0.326 e. The number of nitrogens with one attached hydrogen (secondary N) is 4. The summed E-state index contributed by atoms with van der Waals surface area (Å²) in [5.74, 6) is -2.90. The van der Waals surface area contributed by atoms with E-state index in [-0.39, 0.29) is 19.3 Å². The van der Waals surface area contributed by atoms with Crippen molar-refractivity contribution in [3.05, 3.63) is 71.9 Å². The quantitative estimate of drug-likeness (QED) is 0.138. The van der Waals surface area contributed by atoms with Gasteiger partial charge in [-0.1, -0.05) is 48.5 Å². The minimum absolute atomic E-state index is 0.177. The molecular formula is C28H36N6O5. The van der Waals surface area contributed by atoms with E-state index in [0.717, 1.165) is 22.0 Å². The van der Waals surface area contributed by atoms with Gasteiger partial charge in [0.15, 0.2) is 0 Å². The van der Waals surface area contributed by atoms with E-state index in [1.54, 1.807) is 0 Å². The zero-order valence-electron chi connectivity index (χ0n) is 21.7. The molecule has 0 spiro atoms. The third-order valence-electron chi connectivity index (χ3n) is 6.37. The summed E-state index contributed by atoms with van der Waals surface area (Å²) in [5, 5.41) is 18.0. The molecule has 3 amide bonds. The molecule has 39 heavy (non-hydrogen) atoms. The maximum absolute atomic E-state index is 13.1. The number of rotatable bonds is 15. The van der Waals surface area contributed by atoms with Crippen LogP contribution in [0.25, 0.3) is 10.9 Å². The van der Waals surface area contributed by atoms with Gasteiger partial charge in [0, 0.05) is 23.5 Å². The first-order valence-electron chi connectivity index (χ1n) is 12.9. The number of aliphatic carboxylic acids is 1. The van der Waals surface area contributed by atoms with Crippen LogP contribution < -0.4 is 27.4 Å². The number of carbonyl (C=O) groups excluding carboxylic acids is 3. The highest BCUT2D eigenvalue weighted by atomic mass is 16.4. The average molecular weight is 537 g/mol. The molecule has 0 bridgehead atoms. The number of carboxylic acid groups (broad SMARTS) is 1. The van der Waals surface area contributed by atoms with Gasteiger partial charge in [0.2, 0.25) is 17.7 Å². The van der Waals surface area contributed by atoms with E-state index >= 15 is 0 Å². The van der Waals surface area contributed by atoms with Gasteiger partial charge in [0.25, 0.3) is 0 Å². The molecule has 1 aromatic heterocycles. The summed E-state index contributed by atoms with van der Waals surface area (Å²) in [4.78, 5) is 53.0. The monoisotopic (exact) mass is 536 g/mol. The van der Waals surface area contributed by atoms with Crippen LogP contribution in [0.5, 0.6) is 0 Å². The lowest BCUT2D eigenvalue weighted by molar-refractivity contribution is -0.142. The zero-order chi connectivity index (χ0) is 28.2. The molecule has 0 aliphatic heterocycles.